The van der Waals surface area contributed by atoms with Crippen LogP contribution in [0.4, 0.5) is 4.79 Å². The quantitative estimate of drug-likeness (QED) is 0.608. The lowest BCUT2D eigenvalue weighted by Crippen LogP contribution is -2.40. The molecule has 0 N–H and O–H groups in total. The van der Waals surface area contributed by atoms with Gasteiger partial charge in [-0.05, 0) is 18.6 Å². The van der Waals surface area contributed by atoms with E-state index >= 15 is 0 Å². The highest BCUT2D eigenvalue weighted by molar-refractivity contribution is 6.12. The second kappa shape index (κ2) is 8.16. The molecule has 8 nitrogen and oxygen atoms in total. The van der Waals surface area contributed by atoms with E-state index < -0.39 is 6.09 Å². The molecular formula is C21H24N2O6. The molecule has 1 aliphatic heterocycles. The standard InChI is InChI=1S/C21H24N2O6/c1-3-4-9-28-21(25)23-16-12-14(26-2)5-6-15(16)19-17(23)13-18(29-19)20(24)22-7-10-27-11-8-22/h5-6,12-13H,3-4,7-11H2,1-2H3. The van der Waals surface area contributed by atoms with Gasteiger partial charge in [0.05, 0.1) is 38.0 Å². The van der Waals surface area contributed by atoms with Crippen LogP contribution in [0.1, 0.15) is 30.3 Å². The van der Waals surface area contributed by atoms with Crippen molar-refractivity contribution in [2.45, 2.75) is 19.8 Å². The van der Waals surface area contributed by atoms with E-state index in [0.29, 0.717) is 60.7 Å². The lowest BCUT2D eigenvalue weighted by Gasteiger charge is -2.25. The minimum absolute atomic E-state index is 0.199. The Bertz CT molecular complexity index is 1040. The molecule has 0 saturated carbocycles. The molecule has 0 radical (unpaired) electrons. The third-order valence-electron chi connectivity index (χ3n) is 5.06. The van der Waals surface area contributed by atoms with E-state index in [1.807, 2.05) is 13.0 Å². The number of furan rings is 1. The van der Waals surface area contributed by atoms with Gasteiger partial charge in [-0.15, -0.1) is 0 Å². The zero-order chi connectivity index (χ0) is 20.4. The molecule has 0 atom stereocenters. The third kappa shape index (κ3) is 3.55. The zero-order valence-corrected chi connectivity index (χ0v) is 16.6. The highest BCUT2D eigenvalue weighted by atomic mass is 16.5. The van der Waals surface area contributed by atoms with Crippen molar-refractivity contribution in [2.24, 2.45) is 0 Å². The summed E-state index contributed by atoms with van der Waals surface area (Å²) in [6.45, 7) is 4.40. The van der Waals surface area contributed by atoms with Crippen LogP contribution < -0.4 is 4.74 Å². The number of amides is 1. The predicted molar refractivity (Wildman–Crippen MR) is 107 cm³/mol. The van der Waals surface area contributed by atoms with Crippen LogP contribution in [-0.4, -0.2) is 61.5 Å². The van der Waals surface area contributed by atoms with Gasteiger partial charge in [0, 0.05) is 30.6 Å². The SMILES string of the molecule is CCCCOC(=O)n1c2cc(OC)ccc2c2oc(C(=O)N3CCOCC3)cc21. The zero-order valence-electron chi connectivity index (χ0n) is 16.6. The van der Waals surface area contributed by atoms with Crippen LogP contribution in [0.15, 0.2) is 28.7 Å². The van der Waals surface area contributed by atoms with Crippen LogP contribution in [-0.2, 0) is 9.47 Å². The van der Waals surface area contributed by atoms with E-state index in [1.165, 1.54) is 4.57 Å². The second-order valence-corrected chi connectivity index (χ2v) is 6.92. The molecule has 0 aliphatic carbocycles. The van der Waals surface area contributed by atoms with Gasteiger partial charge in [-0.25, -0.2) is 9.36 Å². The molecule has 1 fully saturated rings. The van der Waals surface area contributed by atoms with Gasteiger partial charge in [0.1, 0.15) is 5.75 Å². The Morgan fingerprint density at radius 2 is 1.93 bits per heavy atom. The number of fused-ring (bicyclic) bond motifs is 3. The summed E-state index contributed by atoms with van der Waals surface area (Å²) >= 11 is 0. The van der Waals surface area contributed by atoms with E-state index in [1.54, 1.807) is 30.2 Å². The van der Waals surface area contributed by atoms with Crippen molar-refractivity contribution >= 4 is 34.0 Å². The first-order chi connectivity index (χ1) is 14.1. The number of benzene rings is 1. The molecule has 0 bridgehead atoms. The molecule has 1 aromatic carbocycles. The Labute approximate surface area is 167 Å². The van der Waals surface area contributed by atoms with Crippen LogP contribution in [0.2, 0.25) is 0 Å². The third-order valence-corrected chi connectivity index (χ3v) is 5.06. The number of ether oxygens (including phenoxy) is 3. The minimum Gasteiger partial charge on any atom is -0.497 e. The Kier molecular flexibility index (Phi) is 5.44. The van der Waals surface area contributed by atoms with Crippen LogP contribution in [0.25, 0.3) is 22.0 Å². The number of carbonyl (C=O) groups excluding carboxylic acids is 2. The number of carbonyl (C=O) groups is 2. The average Bonchev–Trinajstić information content (AvgIpc) is 3.30. The molecule has 4 rings (SSSR count). The number of hydrogen-bond donors (Lipinski definition) is 0. The van der Waals surface area contributed by atoms with Gasteiger partial charge in [0.2, 0.25) is 0 Å². The number of rotatable bonds is 5. The van der Waals surface area contributed by atoms with Crippen molar-refractivity contribution in [1.82, 2.24) is 9.47 Å². The lowest BCUT2D eigenvalue weighted by atomic mass is 10.2. The molecule has 0 unspecified atom stereocenters. The Morgan fingerprint density at radius 1 is 1.14 bits per heavy atom. The fraction of sp³-hybridized carbons (Fsp3) is 0.429. The van der Waals surface area contributed by atoms with Crippen molar-refractivity contribution in [3.63, 3.8) is 0 Å². The second-order valence-electron chi connectivity index (χ2n) is 6.92. The summed E-state index contributed by atoms with van der Waals surface area (Å²) < 4.78 is 23.4. The highest BCUT2D eigenvalue weighted by Gasteiger charge is 2.26. The Hall–Kier alpha value is -3.00. The summed E-state index contributed by atoms with van der Waals surface area (Å²) in [5, 5.41) is 0.717. The van der Waals surface area contributed by atoms with E-state index in [0.717, 1.165) is 12.8 Å². The maximum Gasteiger partial charge on any atom is 0.419 e. The summed E-state index contributed by atoms with van der Waals surface area (Å²) in [7, 11) is 1.57. The highest BCUT2D eigenvalue weighted by Crippen LogP contribution is 2.34. The molecule has 154 valence electrons. The minimum atomic E-state index is -0.502. The summed E-state index contributed by atoms with van der Waals surface area (Å²) in [4.78, 5) is 27.4. The average molecular weight is 400 g/mol. The van der Waals surface area contributed by atoms with Gasteiger partial charge < -0.3 is 23.5 Å². The van der Waals surface area contributed by atoms with Crippen LogP contribution in [0.3, 0.4) is 0 Å². The van der Waals surface area contributed by atoms with Crippen molar-refractivity contribution in [3.05, 3.63) is 30.0 Å². The number of methoxy groups -OCH3 is 1. The smallest absolute Gasteiger partial charge is 0.419 e. The van der Waals surface area contributed by atoms with E-state index in [2.05, 4.69) is 0 Å². The van der Waals surface area contributed by atoms with E-state index in [9.17, 15) is 9.59 Å². The number of hydrogen-bond acceptors (Lipinski definition) is 6. The summed E-state index contributed by atoms with van der Waals surface area (Å²) in [5.41, 5.74) is 1.60. The normalized spacial score (nSPS) is 14.5. The molecule has 8 heteroatoms. The first-order valence-electron chi connectivity index (χ1n) is 9.80. The van der Waals surface area contributed by atoms with Crippen molar-refractivity contribution in [2.75, 3.05) is 40.0 Å². The molecule has 3 aromatic rings. The first-order valence-corrected chi connectivity index (χ1v) is 9.80. The molecule has 2 aromatic heterocycles. The lowest BCUT2D eigenvalue weighted by molar-refractivity contribution is 0.0284. The van der Waals surface area contributed by atoms with Gasteiger partial charge >= 0.3 is 6.09 Å². The molecule has 1 amide bonds. The topological polar surface area (TPSA) is 83.1 Å². The maximum atomic E-state index is 12.8. The molecule has 0 spiro atoms. The fourth-order valence-corrected chi connectivity index (χ4v) is 3.48. The molecule has 3 heterocycles. The predicted octanol–water partition coefficient (Wildman–Crippen LogP) is 3.65. The van der Waals surface area contributed by atoms with Crippen LogP contribution in [0.5, 0.6) is 5.75 Å². The van der Waals surface area contributed by atoms with Gasteiger partial charge in [0.25, 0.3) is 5.91 Å². The number of nitrogens with zero attached hydrogens (tertiary/aromatic N) is 2. The van der Waals surface area contributed by atoms with Gasteiger partial charge in [-0.3, -0.25) is 4.79 Å². The maximum absolute atomic E-state index is 12.8. The van der Waals surface area contributed by atoms with Crippen molar-refractivity contribution in [3.8, 4) is 5.75 Å². The Morgan fingerprint density at radius 3 is 2.66 bits per heavy atom. The van der Waals surface area contributed by atoms with Gasteiger partial charge in [0.15, 0.2) is 11.3 Å². The first kappa shape index (κ1) is 19.3. The van der Waals surface area contributed by atoms with Gasteiger partial charge in [-0.1, -0.05) is 13.3 Å². The molecule has 1 saturated heterocycles. The monoisotopic (exact) mass is 400 g/mol. The Balaban J connectivity index is 1.78. The number of unbranched alkanes of at least 4 members (excludes halogenated alkanes) is 1. The van der Waals surface area contributed by atoms with Gasteiger partial charge in [-0.2, -0.15) is 0 Å². The van der Waals surface area contributed by atoms with Crippen molar-refractivity contribution in [1.29, 1.82) is 0 Å². The summed E-state index contributed by atoms with van der Waals surface area (Å²) in [6, 6.07) is 6.98. The van der Waals surface area contributed by atoms with Crippen LogP contribution in [0, 0.1) is 0 Å². The molecule has 1 aliphatic rings. The molecular weight excluding hydrogens is 376 g/mol. The van der Waals surface area contributed by atoms with Crippen LogP contribution >= 0.6 is 0 Å². The molecule has 29 heavy (non-hydrogen) atoms. The summed E-state index contributed by atoms with van der Waals surface area (Å²) in [5.74, 6) is 0.603. The van der Waals surface area contributed by atoms with E-state index in [4.69, 9.17) is 18.6 Å². The fourth-order valence-electron chi connectivity index (χ4n) is 3.48. The summed E-state index contributed by atoms with van der Waals surface area (Å²) in [6.07, 6.45) is 1.20. The van der Waals surface area contributed by atoms with E-state index in [-0.39, 0.29) is 11.7 Å². The largest absolute Gasteiger partial charge is 0.497 e. The number of morpholine rings is 1. The van der Waals surface area contributed by atoms with Crippen molar-refractivity contribution < 1.29 is 28.2 Å². The number of aromatic nitrogens is 1.